The minimum Gasteiger partial charge on any atom is -0.367 e. The minimum atomic E-state index is -0.206. The van der Waals surface area contributed by atoms with Crippen molar-refractivity contribution in [1.29, 1.82) is 0 Å². The van der Waals surface area contributed by atoms with Gasteiger partial charge in [0.25, 0.3) is 0 Å². The minimum absolute atomic E-state index is 0.00627. The van der Waals surface area contributed by atoms with E-state index in [1.165, 1.54) is 0 Å². The molecule has 1 rings (SSSR count). The first kappa shape index (κ1) is 9.46. The zero-order valence-corrected chi connectivity index (χ0v) is 7.75. The summed E-state index contributed by atoms with van der Waals surface area (Å²) in [6.07, 6.45) is 4.80. The van der Waals surface area contributed by atoms with Crippen molar-refractivity contribution in [3.8, 4) is 0 Å². The van der Waals surface area contributed by atoms with Crippen LogP contribution in [0.25, 0.3) is 0 Å². The molecule has 12 heavy (non-hydrogen) atoms. The number of carbonyl (C=O) groups excluding carboxylic acids is 1. The standard InChI is InChI=1S/C10H16O2/c1-4-10(3)6-5-9(12-10)8(2)7-11/h4,7-9H,1,5-6H2,2-3H3/t8-,9-,10-/m0/s1. The number of aldehydes is 1. The van der Waals surface area contributed by atoms with Gasteiger partial charge in [0.2, 0.25) is 0 Å². The molecule has 2 nitrogen and oxygen atoms in total. The maximum Gasteiger partial charge on any atom is 0.125 e. The van der Waals surface area contributed by atoms with E-state index in [1.54, 1.807) is 0 Å². The van der Waals surface area contributed by atoms with Crippen molar-refractivity contribution in [2.24, 2.45) is 5.92 Å². The molecule has 0 radical (unpaired) electrons. The van der Waals surface area contributed by atoms with Crippen molar-refractivity contribution in [3.05, 3.63) is 12.7 Å². The third-order valence-electron chi connectivity index (χ3n) is 2.58. The molecular formula is C10H16O2. The molecule has 0 aliphatic carbocycles. The average molecular weight is 168 g/mol. The van der Waals surface area contributed by atoms with Gasteiger partial charge in [-0.2, -0.15) is 0 Å². The van der Waals surface area contributed by atoms with Crippen LogP contribution >= 0.6 is 0 Å². The predicted octanol–water partition coefficient (Wildman–Crippen LogP) is 1.95. The molecule has 0 unspecified atom stereocenters. The topological polar surface area (TPSA) is 26.3 Å². The van der Waals surface area contributed by atoms with Crippen LogP contribution in [0.1, 0.15) is 26.7 Å². The lowest BCUT2D eigenvalue weighted by Gasteiger charge is -2.21. The molecule has 3 atom stereocenters. The van der Waals surface area contributed by atoms with Gasteiger partial charge in [-0.1, -0.05) is 13.0 Å². The van der Waals surface area contributed by atoms with Crippen LogP contribution in [-0.4, -0.2) is 18.0 Å². The fourth-order valence-electron chi connectivity index (χ4n) is 1.50. The summed E-state index contributed by atoms with van der Waals surface area (Å²) in [7, 11) is 0. The molecule has 0 aromatic carbocycles. The Kier molecular flexibility index (Phi) is 2.68. The third kappa shape index (κ3) is 1.75. The van der Waals surface area contributed by atoms with Crippen LogP contribution in [0.5, 0.6) is 0 Å². The Balaban J connectivity index is 2.55. The van der Waals surface area contributed by atoms with Crippen molar-refractivity contribution in [2.75, 3.05) is 0 Å². The normalized spacial score (nSPS) is 37.7. The van der Waals surface area contributed by atoms with Gasteiger partial charge >= 0.3 is 0 Å². The molecule has 0 spiro atoms. The quantitative estimate of drug-likeness (QED) is 0.475. The molecule has 2 heteroatoms. The van der Waals surface area contributed by atoms with Crippen LogP contribution in [0.4, 0.5) is 0 Å². The molecule has 1 aliphatic heterocycles. The Morgan fingerprint density at radius 3 is 2.83 bits per heavy atom. The Hall–Kier alpha value is -0.630. The van der Waals surface area contributed by atoms with Gasteiger partial charge in [0.05, 0.1) is 11.7 Å². The average Bonchev–Trinajstić information content (AvgIpc) is 2.48. The first-order valence-electron chi connectivity index (χ1n) is 4.38. The van der Waals surface area contributed by atoms with E-state index in [9.17, 15) is 4.79 Å². The Morgan fingerprint density at radius 1 is 1.75 bits per heavy atom. The molecular weight excluding hydrogens is 152 g/mol. The van der Waals surface area contributed by atoms with E-state index in [-0.39, 0.29) is 17.6 Å². The SMILES string of the molecule is C=C[C@@]1(C)CC[C@@H]([C@@H](C)C=O)O1. The van der Waals surface area contributed by atoms with Crippen molar-refractivity contribution in [1.82, 2.24) is 0 Å². The van der Waals surface area contributed by atoms with Crippen LogP contribution in [-0.2, 0) is 9.53 Å². The Morgan fingerprint density at radius 2 is 2.42 bits per heavy atom. The summed E-state index contributed by atoms with van der Waals surface area (Å²) >= 11 is 0. The smallest absolute Gasteiger partial charge is 0.125 e. The first-order chi connectivity index (χ1) is 5.61. The summed E-state index contributed by atoms with van der Waals surface area (Å²) in [5.41, 5.74) is -0.206. The van der Waals surface area contributed by atoms with Gasteiger partial charge in [-0.15, -0.1) is 6.58 Å². The molecule has 68 valence electrons. The van der Waals surface area contributed by atoms with E-state index in [4.69, 9.17) is 4.74 Å². The molecule has 0 amide bonds. The van der Waals surface area contributed by atoms with Crippen molar-refractivity contribution < 1.29 is 9.53 Å². The fourth-order valence-corrected chi connectivity index (χ4v) is 1.50. The van der Waals surface area contributed by atoms with Crippen molar-refractivity contribution >= 4 is 6.29 Å². The summed E-state index contributed by atoms with van der Waals surface area (Å²) in [6.45, 7) is 7.63. The number of carbonyl (C=O) groups is 1. The van der Waals surface area contributed by atoms with Crippen LogP contribution in [0.3, 0.4) is 0 Å². The van der Waals surface area contributed by atoms with E-state index in [2.05, 4.69) is 6.58 Å². The van der Waals surface area contributed by atoms with Crippen molar-refractivity contribution in [3.63, 3.8) is 0 Å². The monoisotopic (exact) mass is 168 g/mol. The van der Waals surface area contributed by atoms with E-state index < -0.39 is 0 Å². The highest BCUT2D eigenvalue weighted by Gasteiger charge is 2.35. The highest BCUT2D eigenvalue weighted by Crippen LogP contribution is 2.33. The maximum atomic E-state index is 10.5. The van der Waals surface area contributed by atoms with Gasteiger partial charge in [-0.05, 0) is 19.8 Å². The maximum absolute atomic E-state index is 10.5. The highest BCUT2D eigenvalue weighted by atomic mass is 16.5. The lowest BCUT2D eigenvalue weighted by atomic mass is 10.00. The second-order valence-electron chi connectivity index (χ2n) is 3.71. The summed E-state index contributed by atoms with van der Waals surface area (Å²) in [4.78, 5) is 10.5. The summed E-state index contributed by atoms with van der Waals surface area (Å²) in [5, 5.41) is 0. The van der Waals surface area contributed by atoms with E-state index >= 15 is 0 Å². The second-order valence-corrected chi connectivity index (χ2v) is 3.71. The molecule has 0 bridgehead atoms. The van der Waals surface area contributed by atoms with Crippen LogP contribution in [0, 0.1) is 5.92 Å². The predicted molar refractivity (Wildman–Crippen MR) is 47.9 cm³/mol. The van der Waals surface area contributed by atoms with E-state index in [0.717, 1.165) is 19.1 Å². The van der Waals surface area contributed by atoms with Crippen molar-refractivity contribution in [2.45, 2.75) is 38.4 Å². The van der Waals surface area contributed by atoms with Gasteiger partial charge in [0.15, 0.2) is 0 Å². The number of ether oxygens (including phenoxy) is 1. The second kappa shape index (κ2) is 3.40. The molecule has 0 aromatic rings. The summed E-state index contributed by atoms with van der Waals surface area (Å²) < 4.78 is 5.70. The Labute approximate surface area is 73.6 Å². The zero-order chi connectivity index (χ0) is 9.19. The Bertz CT molecular complexity index is 188. The van der Waals surface area contributed by atoms with Gasteiger partial charge < -0.3 is 9.53 Å². The van der Waals surface area contributed by atoms with E-state index in [1.807, 2.05) is 19.9 Å². The lowest BCUT2D eigenvalue weighted by molar-refractivity contribution is -0.115. The number of hydrogen-bond acceptors (Lipinski definition) is 2. The van der Waals surface area contributed by atoms with Gasteiger partial charge in [0, 0.05) is 5.92 Å². The van der Waals surface area contributed by atoms with Crippen LogP contribution < -0.4 is 0 Å². The summed E-state index contributed by atoms with van der Waals surface area (Å²) in [5.74, 6) is 0.00627. The molecule has 1 heterocycles. The highest BCUT2D eigenvalue weighted by molar-refractivity contribution is 5.53. The van der Waals surface area contributed by atoms with Gasteiger partial charge in [-0.25, -0.2) is 0 Å². The molecule has 1 fully saturated rings. The van der Waals surface area contributed by atoms with Crippen LogP contribution in [0.2, 0.25) is 0 Å². The molecule has 1 saturated heterocycles. The molecule has 0 aromatic heterocycles. The molecule has 1 aliphatic rings. The summed E-state index contributed by atoms with van der Waals surface area (Å²) in [6, 6.07) is 0. The van der Waals surface area contributed by atoms with Crippen LogP contribution in [0.15, 0.2) is 12.7 Å². The number of rotatable bonds is 3. The molecule has 0 N–H and O–H groups in total. The fraction of sp³-hybridized carbons (Fsp3) is 0.700. The lowest BCUT2D eigenvalue weighted by Crippen LogP contribution is -2.25. The van der Waals surface area contributed by atoms with Gasteiger partial charge in [0.1, 0.15) is 6.29 Å². The number of hydrogen-bond donors (Lipinski definition) is 0. The van der Waals surface area contributed by atoms with Gasteiger partial charge in [-0.3, -0.25) is 0 Å². The largest absolute Gasteiger partial charge is 0.367 e. The zero-order valence-electron chi connectivity index (χ0n) is 7.75. The van der Waals surface area contributed by atoms with E-state index in [0.29, 0.717) is 0 Å². The molecule has 0 saturated carbocycles. The third-order valence-corrected chi connectivity index (χ3v) is 2.58. The first-order valence-corrected chi connectivity index (χ1v) is 4.38.